The maximum Gasteiger partial charge on any atom is 0.305 e. The van der Waals surface area contributed by atoms with Crippen molar-refractivity contribution in [2.45, 2.75) is 83.8 Å². The van der Waals surface area contributed by atoms with Gasteiger partial charge >= 0.3 is 5.97 Å². The summed E-state index contributed by atoms with van der Waals surface area (Å²) in [5, 5.41) is 20.2. The van der Waals surface area contributed by atoms with Crippen molar-refractivity contribution in [3.05, 3.63) is 0 Å². The molecule has 2 N–H and O–H groups in total. The fourth-order valence-corrected chi connectivity index (χ4v) is 3.59. The van der Waals surface area contributed by atoms with Crippen molar-refractivity contribution in [1.29, 1.82) is 0 Å². The molecule has 0 heterocycles. The van der Waals surface area contributed by atoms with E-state index < -0.39 is 12.2 Å². The molecule has 0 aromatic heterocycles. The van der Waals surface area contributed by atoms with Gasteiger partial charge in [-0.05, 0) is 51.4 Å². The number of ketones is 1. The first-order valence-electron chi connectivity index (χ1n) is 8.96. The molecule has 134 valence electrons. The van der Waals surface area contributed by atoms with Crippen molar-refractivity contribution >= 4 is 11.8 Å². The Morgan fingerprint density at radius 3 is 2.17 bits per heavy atom. The molecule has 5 nitrogen and oxygen atoms in total. The van der Waals surface area contributed by atoms with Crippen LogP contribution in [0.1, 0.15) is 71.6 Å². The molecule has 1 rings (SSSR count). The van der Waals surface area contributed by atoms with Crippen molar-refractivity contribution in [1.82, 2.24) is 0 Å². The molecular weight excluding hydrogens is 296 g/mol. The van der Waals surface area contributed by atoms with Gasteiger partial charge in [-0.1, -0.05) is 19.3 Å². The molecular formula is C18H32O5. The maximum absolute atomic E-state index is 11.2. The van der Waals surface area contributed by atoms with Crippen LogP contribution in [0.5, 0.6) is 0 Å². The summed E-state index contributed by atoms with van der Waals surface area (Å²) in [6.45, 7) is 3.81. The minimum Gasteiger partial charge on any atom is -0.466 e. The van der Waals surface area contributed by atoms with Gasteiger partial charge < -0.3 is 19.7 Å². The van der Waals surface area contributed by atoms with E-state index in [1.807, 2.05) is 6.92 Å². The minimum absolute atomic E-state index is 0.0356. The summed E-state index contributed by atoms with van der Waals surface area (Å²) in [5.41, 5.74) is 0. The Bertz CT molecular complexity index is 368. The van der Waals surface area contributed by atoms with Crippen LogP contribution in [-0.4, -0.2) is 40.8 Å². The molecule has 5 heteroatoms. The fraction of sp³-hybridized carbons (Fsp3) is 0.889. The van der Waals surface area contributed by atoms with Crippen molar-refractivity contribution in [2.24, 2.45) is 11.8 Å². The summed E-state index contributed by atoms with van der Waals surface area (Å²) in [5.74, 6) is 0.130. The Hall–Kier alpha value is -0.940. The van der Waals surface area contributed by atoms with Crippen LogP contribution in [0.25, 0.3) is 0 Å². The number of Topliss-reactive ketones (excluding diaryl/α,β-unsaturated/α-hetero) is 1. The molecule has 0 spiro atoms. The molecule has 0 amide bonds. The summed E-state index contributed by atoms with van der Waals surface area (Å²) >= 11 is 0. The predicted molar refractivity (Wildman–Crippen MR) is 87.9 cm³/mol. The molecule has 1 aliphatic rings. The van der Waals surface area contributed by atoms with Crippen molar-refractivity contribution in [3.8, 4) is 0 Å². The molecule has 0 radical (unpaired) electrons. The van der Waals surface area contributed by atoms with Crippen LogP contribution in [0.15, 0.2) is 0 Å². The largest absolute Gasteiger partial charge is 0.466 e. The standard InChI is InChI=1S/C18H32O5/c1-3-23-18(22)9-7-5-4-6-8-14-15(11-10-13(2)19)17(21)12-16(14)20/h14-17,20-21H,3-12H2,1-2H3/t14-,15+,16-,17+/m0/s1. The highest BCUT2D eigenvalue weighted by Crippen LogP contribution is 2.38. The number of esters is 1. The summed E-state index contributed by atoms with van der Waals surface area (Å²) in [7, 11) is 0. The summed E-state index contributed by atoms with van der Waals surface area (Å²) < 4.78 is 4.89. The van der Waals surface area contributed by atoms with Gasteiger partial charge in [0.25, 0.3) is 0 Å². The molecule has 0 saturated heterocycles. The normalized spacial score (nSPS) is 27.1. The first-order chi connectivity index (χ1) is 11.0. The Balaban J connectivity index is 2.23. The Kier molecular flexibility index (Phi) is 9.41. The third kappa shape index (κ3) is 7.44. The lowest BCUT2D eigenvalue weighted by atomic mass is 9.85. The van der Waals surface area contributed by atoms with Crippen LogP contribution in [0.4, 0.5) is 0 Å². The van der Waals surface area contributed by atoms with E-state index in [1.165, 1.54) is 0 Å². The van der Waals surface area contributed by atoms with Crippen LogP contribution in [-0.2, 0) is 14.3 Å². The van der Waals surface area contributed by atoms with Gasteiger partial charge in [0.1, 0.15) is 5.78 Å². The number of carbonyl (C=O) groups excluding carboxylic acids is 2. The number of hydrogen-bond acceptors (Lipinski definition) is 5. The summed E-state index contributed by atoms with van der Waals surface area (Å²) in [6, 6.07) is 0. The summed E-state index contributed by atoms with van der Waals surface area (Å²) in [6.07, 6.45) is 5.78. The highest BCUT2D eigenvalue weighted by Gasteiger charge is 2.40. The maximum atomic E-state index is 11.2. The quantitative estimate of drug-likeness (QED) is 0.450. The number of carbonyl (C=O) groups is 2. The average Bonchev–Trinajstić information content (AvgIpc) is 2.74. The van der Waals surface area contributed by atoms with E-state index >= 15 is 0 Å². The van der Waals surface area contributed by atoms with Crippen LogP contribution in [0.3, 0.4) is 0 Å². The summed E-state index contributed by atoms with van der Waals surface area (Å²) in [4.78, 5) is 22.4. The van der Waals surface area contributed by atoms with E-state index in [-0.39, 0.29) is 23.6 Å². The molecule has 0 aromatic carbocycles. The zero-order valence-corrected chi connectivity index (χ0v) is 14.5. The highest BCUT2D eigenvalue weighted by molar-refractivity contribution is 5.75. The van der Waals surface area contributed by atoms with Gasteiger partial charge in [0, 0.05) is 12.8 Å². The lowest BCUT2D eigenvalue weighted by Gasteiger charge is -2.23. The van der Waals surface area contributed by atoms with Gasteiger partial charge in [-0.15, -0.1) is 0 Å². The van der Waals surface area contributed by atoms with Crippen molar-refractivity contribution in [3.63, 3.8) is 0 Å². The Morgan fingerprint density at radius 2 is 1.57 bits per heavy atom. The second kappa shape index (κ2) is 10.8. The molecule has 0 aliphatic heterocycles. The predicted octanol–water partition coefficient (Wildman–Crippen LogP) is 2.62. The van der Waals surface area contributed by atoms with Gasteiger partial charge in [-0.25, -0.2) is 0 Å². The monoisotopic (exact) mass is 328 g/mol. The smallest absolute Gasteiger partial charge is 0.305 e. The van der Waals surface area contributed by atoms with Gasteiger partial charge in [0.2, 0.25) is 0 Å². The van der Waals surface area contributed by atoms with Gasteiger partial charge in [-0.2, -0.15) is 0 Å². The molecule has 0 unspecified atom stereocenters. The van der Waals surface area contributed by atoms with E-state index in [9.17, 15) is 19.8 Å². The Morgan fingerprint density at radius 1 is 0.957 bits per heavy atom. The van der Waals surface area contributed by atoms with Gasteiger partial charge in [-0.3, -0.25) is 4.79 Å². The molecule has 0 bridgehead atoms. The highest BCUT2D eigenvalue weighted by atomic mass is 16.5. The SMILES string of the molecule is CCOC(=O)CCCCCC[C@H]1[C@@H](CCC(C)=O)[C@H](O)C[C@@H]1O. The molecule has 4 atom stereocenters. The van der Waals surface area contributed by atoms with Crippen LogP contribution in [0.2, 0.25) is 0 Å². The van der Waals surface area contributed by atoms with Crippen LogP contribution < -0.4 is 0 Å². The van der Waals surface area contributed by atoms with E-state index in [0.717, 1.165) is 32.1 Å². The van der Waals surface area contributed by atoms with E-state index in [1.54, 1.807) is 6.92 Å². The van der Waals surface area contributed by atoms with Crippen molar-refractivity contribution in [2.75, 3.05) is 6.61 Å². The number of ether oxygens (including phenoxy) is 1. The second-order valence-electron chi connectivity index (χ2n) is 6.70. The van der Waals surface area contributed by atoms with Crippen molar-refractivity contribution < 1.29 is 24.5 Å². The molecule has 0 aromatic rings. The number of aliphatic hydroxyl groups excluding tert-OH is 2. The fourth-order valence-electron chi connectivity index (χ4n) is 3.59. The number of hydrogen-bond donors (Lipinski definition) is 2. The average molecular weight is 328 g/mol. The van der Waals surface area contributed by atoms with Crippen LogP contribution in [0, 0.1) is 11.8 Å². The van der Waals surface area contributed by atoms with E-state index in [0.29, 0.717) is 32.3 Å². The molecule has 1 aliphatic carbocycles. The van der Waals surface area contributed by atoms with Gasteiger partial charge in [0.05, 0.1) is 18.8 Å². The minimum atomic E-state index is -0.488. The zero-order chi connectivity index (χ0) is 17.2. The number of unbranched alkanes of at least 4 members (excludes halogenated alkanes) is 3. The van der Waals surface area contributed by atoms with E-state index in [4.69, 9.17) is 4.74 Å². The van der Waals surface area contributed by atoms with Crippen LogP contribution >= 0.6 is 0 Å². The third-order valence-corrected chi connectivity index (χ3v) is 4.82. The number of rotatable bonds is 11. The van der Waals surface area contributed by atoms with Gasteiger partial charge in [0.15, 0.2) is 0 Å². The topological polar surface area (TPSA) is 83.8 Å². The first-order valence-corrected chi connectivity index (χ1v) is 8.96. The molecule has 23 heavy (non-hydrogen) atoms. The molecule has 1 saturated carbocycles. The lowest BCUT2D eigenvalue weighted by molar-refractivity contribution is -0.143. The number of aliphatic hydroxyl groups is 2. The molecule has 1 fully saturated rings. The lowest BCUT2D eigenvalue weighted by Crippen LogP contribution is -2.23. The Labute approximate surface area is 139 Å². The van der Waals surface area contributed by atoms with E-state index in [2.05, 4.69) is 0 Å². The zero-order valence-electron chi connectivity index (χ0n) is 14.5. The second-order valence-corrected chi connectivity index (χ2v) is 6.70. The third-order valence-electron chi connectivity index (χ3n) is 4.82. The first kappa shape index (κ1) is 20.1.